The average Bonchev–Trinajstić information content (AvgIpc) is 2.39. The molecule has 2 aromatic carbocycles. The van der Waals surface area contributed by atoms with Gasteiger partial charge < -0.3 is 0 Å². The fraction of sp³-hybridized carbons (Fsp3) is 0.0667. The van der Waals surface area contributed by atoms with Crippen LogP contribution in [0.25, 0.3) is 12.2 Å². The van der Waals surface area contributed by atoms with E-state index in [1.807, 2.05) is 54.6 Å². The quantitative estimate of drug-likeness (QED) is 0.488. The molecule has 0 saturated carbocycles. The number of rotatable bonds is 3. The van der Waals surface area contributed by atoms with E-state index in [1.165, 1.54) is 0 Å². The van der Waals surface area contributed by atoms with Gasteiger partial charge in [-0.05, 0) is 23.3 Å². The molecule has 0 spiro atoms. The molecule has 92 valence electrons. The molecule has 0 radical (unpaired) electrons. The Hall–Kier alpha value is -0.950. The maximum Gasteiger partial charge on any atom is 0.0493 e. The minimum Gasteiger partial charge on any atom is -0.122 e. The maximum absolute atomic E-state index is 6.09. The van der Waals surface area contributed by atoms with Gasteiger partial charge in [-0.3, -0.25) is 0 Å². The Bertz CT molecular complexity index is 536. The highest BCUT2D eigenvalue weighted by molar-refractivity contribution is 6.37. The summed E-state index contributed by atoms with van der Waals surface area (Å²) in [6.07, 6.45) is 3.89. The number of alkyl halides is 1. The van der Waals surface area contributed by atoms with Crippen molar-refractivity contribution in [2.75, 3.05) is 0 Å². The summed E-state index contributed by atoms with van der Waals surface area (Å²) in [6.45, 7) is 0. The van der Waals surface area contributed by atoms with E-state index >= 15 is 0 Å². The van der Waals surface area contributed by atoms with Gasteiger partial charge >= 0.3 is 0 Å². The van der Waals surface area contributed by atoms with Gasteiger partial charge in [-0.15, -0.1) is 11.6 Å². The van der Waals surface area contributed by atoms with E-state index in [-0.39, 0.29) is 0 Å². The lowest BCUT2D eigenvalue weighted by molar-refractivity contribution is 1.40. The van der Waals surface area contributed by atoms with Crippen LogP contribution in [0, 0.1) is 0 Å². The van der Waals surface area contributed by atoms with Crippen LogP contribution >= 0.6 is 34.8 Å². The lowest BCUT2D eigenvalue weighted by Gasteiger charge is -2.01. The summed E-state index contributed by atoms with van der Waals surface area (Å²) in [5, 5.41) is 1.30. The summed E-state index contributed by atoms with van der Waals surface area (Å²) in [7, 11) is 0. The Labute approximate surface area is 122 Å². The predicted molar refractivity (Wildman–Crippen MR) is 81.4 cm³/mol. The first-order valence-electron chi connectivity index (χ1n) is 5.47. The van der Waals surface area contributed by atoms with Crippen molar-refractivity contribution in [3.8, 4) is 0 Å². The van der Waals surface area contributed by atoms with E-state index in [4.69, 9.17) is 34.8 Å². The normalized spacial score (nSPS) is 11.1. The Kier molecular flexibility index (Phi) is 4.71. The SMILES string of the molecule is ClCc1ccc(/C=C/c2c(Cl)cccc2Cl)cc1. The summed E-state index contributed by atoms with van der Waals surface area (Å²) in [4.78, 5) is 0. The molecule has 0 nitrogen and oxygen atoms in total. The highest BCUT2D eigenvalue weighted by Gasteiger charge is 2.00. The second-order valence-electron chi connectivity index (χ2n) is 3.84. The number of hydrogen-bond acceptors (Lipinski definition) is 0. The van der Waals surface area contributed by atoms with Gasteiger partial charge in [0.25, 0.3) is 0 Å². The summed E-state index contributed by atoms with van der Waals surface area (Å²) in [5.74, 6) is 0.528. The van der Waals surface area contributed by atoms with Crippen molar-refractivity contribution in [2.45, 2.75) is 5.88 Å². The minimum atomic E-state index is 0.528. The van der Waals surface area contributed by atoms with Crippen LogP contribution in [0.3, 0.4) is 0 Å². The standard InChI is InChI=1S/C15H11Cl3/c16-10-12-6-4-11(5-7-12)8-9-13-14(17)2-1-3-15(13)18/h1-9H,10H2/b9-8+. The molecule has 0 amide bonds. The van der Waals surface area contributed by atoms with E-state index in [0.717, 1.165) is 16.7 Å². The Morgan fingerprint density at radius 1 is 0.833 bits per heavy atom. The molecule has 0 bridgehead atoms. The number of hydrogen-bond donors (Lipinski definition) is 0. The molecule has 0 aliphatic carbocycles. The molecule has 0 aliphatic rings. The first-order chi connectivity index (χ1) is 8.70. The van der Waals surface area contributed by atoms with Crippen LogP contribution < -0.4 is 0 Å². The zero-order valence-corrected chi connectivity index (χ0v) is 11.8. The Balaban J connectivity index is 2.24. The Morgan fingerprint density at radius 3 is 2.00 bits per heavy atom. The minimum absolute atomic E-state index is 0.528. The third-order valence-corrected chi connectivity index (χ3v) is 3.54. The molecule has 0 atom stereocenters. The zero-order chi connectivity index (χ0) is 13.0. The molecule has 0 aliphatic heterocycles. The first-order valence-corrected chi connectivity index (χ1v) is 6.77. The lowest BCUT2D eigenvalue weighted by atomic mass is 10.1. The highest BCUT2D eigenvalue weighted by atomic mass is 35.5. The van der Waals surface area contributed by atoms with E-state index < -0.39 is 0 Å². The summed E-state index contributed by atoms with van der Waals surface area (Å²) in [5.41, 5.74) is 3.02. The van der Waals surface area contributed by atoms with Gasteiger partial charge in [0, 0.05) is 21.5 Å². The van der Waals surface area contributed by atoms with Crippen LogP contribution in [-0.4, -0.2) is 0 Å². The van der Waals surface area contributed by atoms with Gasteiger partial charge in [-0.1, -0.05) is 65.7 Å². The fourth-order valence-corrected chi connectivity index (χ4v) is 2.27. The summed E-state index contributed by atoms with van der Waals surface area (Å²) < 4.78 is 0. The smallest absolute Gasteiger partial charge is 0.0493 e. The van der Waals surface area contributed by atoms with Gasteiger partial charge in [0.05, 0.1) is 0 Å². The van der Waals surface area contributed by atoms with Crippen LogP contribution in [0.1, 0.15) is 16.7 Å². The lowest BCUT2D eigenvalue weighted by Crippen LogP contribution is -1.79. The number of halogens is 3. The van der Waals surface area contributed by atoms with Gasteiger partial charge in [0.2, 0.25) is 0 Å². The van der Waals surface area contributed by atoms with Crippen molar-refractivity contribution in [3.63, 3.8) is 0 Å². The fourth-order valence-electron chi connectivity index (χ4n) is 1.57. The molecule has 3 heteroatoms. The molecule has 2 aromatic rings. The molecular formula is C15H11Cl3. The zero-order valence-electron chi connectivity index (χ0n) is 9.54. The molecule has 0 fully saturated rings. The largest absolute Gasteiger partial charge is 0.122 e. The molecule has 0 N–H and O–H groups in total. The molecular weight excluding hydrogens is 287 g/mol. The Morgan fingerprint density at radius 2 is 1.44 bits per heavy atom. The van der Waals surface area contributed by atoms with Crippen LogP contribution in [0.4, 0.5) is 0 Å². The van der Waals surface area contributed by atoms with Gasteiger partial charge in [-0.2, -0.15) is 0 Å². The van der Waals surface area contributed by atoms with E-state index in [1.54, 1.807) is 0 Å². The van der Waals surface area contributed by atoms with Crippen LogP contribution in [0.5, 0.6) is 0 Å². The van der Waals surface area contributed by atoms with Gasteiger partial charge in [0.15, 0.2) is 0 Å². The van der Waals surface area contributed by atoms with Crippen molar-refractivity contribution in [1.29, 1.82) is 0 Å². The van der Waals surface area contributed by atoms with Crippen LogP contribution in [-0.2, 0) is 5.88 Å². The first kappa shape index (κ1) is 13.5. The second-order valence-corrected chi connectivity index (χ2v) is 4.93. The third kappa shape index (κ3) is 3.29. The molecule has 0 unspecified atom stereocenters. The second kappa shape index (κ2) is 6.29. The van der Waals surface area contributed by atoms with E-state index in [0.29, 0.717) is 15.9 Å². The topological polar surface area (TPSA) is 0 Å². The highest BCUT2D eigenvalue weighted by Crippen LogP contribution is 2.26. The monoisotopic (exact) mass is 296 g/mol. The van der Waals surface area contributed by atoms with Crippen molar-refractivity contribution in [2.24, 2.45) is 0 Å². The molecule has 2 rings (SSSR count). The molecule has 0 saturated heterocycles. The van der Waals surface area contributed by atoms with E-state index in [9.17, 15) is 0 Å². The van der Waals surface area contributed by atoms with Gasteiger partial charge in [-0.25, -0.2) is 0 Å². The third-order valence-electron chi connectivity index (χ3n) is 2.58. The number of benzene rings is 2. The molecule has 0 heterocycles. The predicted octanol–water partition coefficient (Wildman–Crippen LogP) is 5.90. The maximum atomic E-state index is 6.09. The van der Waals surface area contributed by atoms with Crippen molar-refractivity contribution >= 4 is 47.0 Å². The van der Waals surface area contributed by atoms with Crippen molar-refractivity contribution in [1.82, 2.24) is 0 Å². The van der Waals surface area contributed by atoms with Gasteiger partial charge in [0.1, 0.15) is 0 Å². The summed E-state index contributed by atoms with van der Waals surface area (Å²) >= 11 is 17.9. The van der Waals surface area contributed by atoms with Crippen LogP contribution in [0.2, 0.25) is 10.0 Å². The van der Waals surface area contributed by atoms with Crippen molar-refractivity contribution in [3.05, 3.63) is 69.2 Å². The average molecular weight is 298 g/mol. The van der Waals surface area contributed by atoms with Crippen molar-refractivity contribution < 1.29 is 0 Å². The van der Waals surface area contributed by atoms with Crippen LogP contribution in [0.15, 0.2) is 42.5 Å². The molecule has 18 heavy (non-hydrogen) atoms. The molecule has 0 aromatic heterocycles. The summed E-state index contributed by atoms with van der Waals surface area (Å²) in [6, 6.07) is 13.5. The van der Waals surface area contributed by atoms with E-state index in [2.05, 4.69) is 0 Å².